The van der Waals surface area contributed by atoms with Crippen LogP contribution >= 0.6 is 0 Å². The van der Waals surface area contributed by atoms with Crippen LogP contribution in [0.5, 0.6) is 0 Å². The lowest BCUT2D eigenvalue weighted by Gasteiger charge is -2.19. The molecule has 0 aromatic rings. The van der Waals surface area contributed by atoms with Crippen molar-refractivity contribution in [3.63, 3.8) is 0 Å². The molecule has 1 aliphatic rings. The average molecular weight is 168 g/mol. The maximum absolute atomic E-state index is 2.40. The zero-order chi connectivity index (χ0) is 9.40. The Morgan fingerprint density at radius 2 is 1.92 bits per heavy atom. The Kier molecular flexibility index (Phi) is 7.23. The normalized spacial score (nSPS) is 22.3. The van der Waals surface area contributed by atoms with Gasteiger partial charge in [0.15, 0.2) is 0 Å². The molecule has 12 heavy (non-hydrogen) atoms. The molecule has 0 bridgehead atoms. The Bertz CT molecular complexity index is 122. The van der Waals surface area contributed by atoms with Crippen LogP contribution in [-0.2, 0) is 0 Å². The van der Waals surface area contributed by atoms with E-state index in [0.717, 1.165) is 5.92 Å². The molecule has 0 heterocycles. The van der Waals surface area contributed by atoms with Gasteiger partial charge in [-0.15, -0.1) is 0 Å². The number of allylic oxidation sites excluding steroid dienone is 2. The number of hydrogen-bond donors (Lipinski definition) is 0. The molecule has 0 saturated carbocycles. The zero-order valence-corrected chi connectivity index (χ0v) is 9.19. The van der Waals surface area contributed by atoms with Crippen molar-refractivity contribution in [2.45, 2.75) is 59.8 Å². The molecular weight excluding hydrogens is 144 g/mol. The van der Waals surface area contributed by atoms with Gasteiger partial charge in [-0.2, -0.15) is 0 Å². The molecule has 0 N–H and O–H groups in total. The fraction of sp³-hybridized carbons (Fsp3) is 0.833. The Balaban J connectivity index is 0.000000354. The molecule has 0 radical (unpaired) electrons. The van der Waals surface area contributed by atoms with Gasteiger partial charge in [0.05, 0.1) is 0 Å². The van der Waals surface area contributed by atoms with Crippen LogP contribution in [0, 0.1) is 5.92 Å². The summed E-state index contributed by atoms with van der Waals surface area (Å²) in [6, 6.07) is 0. The van der Waals surface area contributed by atoms with E-state index in [-0.39, 0.29) is 0 Å². The molecule has 0 saturated heterocycles. The van der Waals surface area contributed by atoms with Crippen LogP contribution in [0.4, 0.5) is 0 Å². The summed E-state index contributed by atoms with van der Waals surface area (Å²) in [5.74, 6) is 0.916. The monoisotopic (exact) mass is 168 g/mol. The van der Waals surface area contributed by atoms with Gasteiger partial charge in [-0.05, 0) is 38.5 Å². The Morgan fingerprint density at radius 1 is 1.33 bits per heavy atom. The highest BCUT2D eigenvalue weighted by Gasteiger charge is 2.10. The second-order valence-corrected chi connectivity index (χ2v) is 3.69. The maximum Gasteiger partial charge on any atom is -0.0209 e. The summed E-state index contributed by atoms with van der Waals surface area (Å²) in [5.41, 5.74) is 1.63. The SMILES string of the molecule is CCC.CCC1CCCC=C1C. The summed E-state index contributed by atoms with van der Waals surface area (Å²) in [6.07, 6.45) is 9.15. The first-order valence-electron chi connectivity index (χ1n) is 5.42. The Morgan fingerprint density at radius 3 is 2.25 bits per heavy atom. The van der Waals surface area contributed by atoms with Crippen molar-refractivity contribution >= 4 is 0 Å². The summed E-state index contributed by atoms with van der Waals surface area (Å²) >= 11 is 0. The summed E-state index contributed by atoms with van der Waals surface area (Å²) < 4.78 is 0. The van der Waals surface area contributed by atoms with E-state index < -0.39 is 0 Å². The number of hydrogen-bond acceptors (Lipinski definition) is 0. The van der Waals surface area contributed by atoms with Crippen molar-refractivity contribution < 1.29 is 0 Å². The van der Waals surface area contributed by atoms with Crippen LogP contribution in [0.15, 0.2) is 11.6 Å². The topological polar surface area (TPSA) is 0 Å². The molecule has 1 aliphatic carbocycles. The third-order valence-corrected chi connectivity index (χ3v) is 2.36. The van der Waals surface area contributed by atoms with Gasteiger partial charge >= 0.3 is 0 Å². The van der Waals surface area contributed by atoms with Gasteiger partial charge in [-0.1, -0.05) is 38.8 Å². The van der Waals surface area contributed by atoms with Crippen LogP contribution in [0.1, 0.15) is 59.8 Å². The molecule has 0 amide bonds. The molecular formula is C12H24. The lowest BCUT2D eigenvalue weighted by Crippen LogP contribution is -2.04. The standard InChI is InChI=1S/C9H16.C3H8/c1-3-9-7-5-4-6-8(9)2;1-3-2/h6,9H,3-5,7H2,1-2H3;3H2,1-2H3. The zero-order valence-electron chi connectivity index (χ0n) is 9.19. The van der Waals surface area contributed by atoms with Crippen molar-refractivity contribution in [2.24, 2.45) is 5.92 Å². The van der Waals surface area contributed by atoms with E-state index >= 15 is 0 Å². The van der Waals surface area contributed by atoms with Crippen LogP contribution in [-0.4, -0.2) is 0 Å². The van der Waals surface area contributed by atoms with E-state index in [0.29, 0.717) is 0 Å². The highest BCUT2D eigenvalue weighted by Crippen LogP contribution is 2.26. The first-order valence-corrected chi connectivity index (χ1v) is 5.42. The molecule has 1 rings (SSSR count). The predicted molar refractivity (Wildman–Crippen MR) is 57.4 cm³/mol. The number of rotatable bonds is 1. The molecule has 72 valence electrons. The fourth-order valence-electron chi connectivity index (χ4n) is 1.61. The summed E-state index contributed by atoms with van der Waals surface area (Å²) in [6.45, 7) is 8.81. The van der Waals surface area contributed by atoms with E-state index in [9.17, 15) is 0 Å². The van der Waals surface area contributed by atoms with Crippen molar-refractivity contribution in [3.05, 3.63) is 11.6 Å². The minimum absolute atomic E-state index is 0.916. The molecule has 1 atom stereocenters. The van der Waals surface area contributed by atoms with E-state index in [1.165, 1.54) is 32.1 Å². The van der Waals surface area contributed by atoms with Gasteiger partial charge < -0.3 is 0 Å². The highest BCUT2D eigenvalue weighted by molar-refractivity contribution is 5.05. The summed E-state index contributed by atoms with van der Waals surface area (Å²) in [4.78, 5) is 0. The minimum Gasteiger partial charge on any atom is -0.0853 e. The quantitative estimate of drug-likeness (QED) is 0.503. The second-order valence-electron chi connectivity index (χ2n) is 3.69. The average Bonchev–Trinajstić information content (AvgIpc) is 2.07. The Hall–Kier alpha value is -0.260. The van der Waals surface area contributed by atoms with Crippen molar-refractivity contribution in [1.29, 1.82) is 0 Å². The van der Waals surface area contributed by atoms with E-state index in [2.05, 4.69) is 33.8 Å². The first kappa shape index (κ1) is 11.7. The van der Waals surface area contributed by atoms with Crippen LogP contribution in [0.3, 0.4) is 0 Å². The lowest BCUT2D eigenvalue weighted by molar-refractivity contribution is 0.497. The molecule has 0 aliphatic heterocycles. The maximum atomic E-state index is 2.40. The molecule has 0 nitrogen and oxygen atoms in total. The van der Waals surface area contributed by atoms with Crippen LogP contribution in [0.2, 0.25) is 0 Å². The highest BCUT2D eigenvalue weighted by atomic mass is 14.2. The minimum atomic E-state index is 0.916. The molecule has 1 unspecified atom stereocenters. The van der Waals surface area contributed by atoms with E-state index in [4.69, 9.17) is 0 Å². The van der Waals surface area contributed by atoms with Crippen LogP contribution < -0.4 is 0 Å². The van der Waals surface area contributed by atoms with Gasteiger partial charge in [-0.3, -0.25) is 0 Å². The summed E-state index contributed by atoms with van der Waals surface area (Å²) in [7, 11) is 0. The largest absolute Gasteiger partial charge is 0.0853 e. The van der Waals surface area contributed by atoms with Gasteiger partial charge in [0.1, 0.15) is 0 Å². The van der Waals surface area contributed by atoms with Gasteiger partial charge in [-0.25, -0.2) is 0 Å². The van der Waals surface area contributed by atoms with Gasteiger partial charge in [0.2, 0.25) is 0 Å². The fourth-order valence-corrected chi connectivity index (χ4v) is 1.61. The van der Waals surface area contributed by atoms with E-state index in [1.54, 1.807) is 5.57 Å². The first-order chi connectivity index (χ1) is 5.76. The third-order valence-electron chi connectivity index (χ3n) is 2.36. The molecule has 0 aromatic heterocycles. The molecule has 0 fully saturated rings. The third kappa shape index (κ3) is 4.58. The van der Waals surface area contributed by atoms with Gasteiger partial charge in [0.25, 0.3) is 0 Å². The summed E-state index contributed by atoms with van der Waals surface area (Å²) in [5, 5.41) is 0. The Labute approximate surface area is 78.1 Å². The lowest BCUT2D eigenvalue weighted by atomic mass is 9.87. The smallest absolute Gasteiger partial charge is 0.0209 e. The van der Waals surface area contributed by atoms with Crippen LogP contribution in [0.25, 0.3) is 0 Å². The molecule has 0 heteroatoms. The second kappa shape index (κ2) is 7.39. The molecule has 0 spiro atoms. The van der Waals surface area contributed by atoms with E-state index in [1.807, 2.05) is 0 Å². The van der Waals surface area contributed by atoms with Crippen molar-refractivity contribution in [2.75, 3.05) is 0 Å². The predicted octanol–water partition coefficient (Wildman–Crippen LogP) is 4.56. The molecule has 0 aromatic carbocycles. The van der Waals surface area contributed by atoms with Crippen molar-refractivity contribution in [1.82, 2.24) is 0 Å². The van der Waals surface area contributed by atoms with Gasteiger partial charge in [0, 0.05) is 0 Å². The van der Waals surface area contributed by atoms with Crippen molar-refractivity contribution in [3.8, 4) is 0 Å².